The van der Waals surface area contributed by atoms with Crippen molar-refractivity contribution in [2.75, 3.05) is 5.32 Å². The summed E-state index contributed by atoms with van der Waals surface area (Å²) in [5.74, 6) is -1.81. The Morgan fingerprint density at radius 3 is 2.50 bits per heavy atom. The molecule has 0 fully saturated rings. The zero-order valence-corrected chi connectivity index (χ0v) is 12.7. The minimum Gasteiger partial charge on any atom is -0.478 e. The number of halogens is 3. The third-order valence-electron chi connectivity index (χ3n) is 2.39. The molecule has 2 aromatic rings. The number of rotatable bonds is 3. The molecule has 1 aromatic carbocycles. The number of hydrogen-bond acceptors (Lipinski definition) is 3. The molecule has 5 nitrogen and oxygen atoms in total. The topological polar surface area (TPSA) is 79.5 Å². The number of furan rings is 1. The molecule has 0 saturated carbocycles. The molecule has 1 amide bonds. The normalized spacial score (nSPS) is 10.3. The summed E-state index contributed by atoms with van der Waals surface area (Å²) in [4.78, 5) is 23.2. The monoisotopic (exact) mass is 377 g/mol. The molecule has 104 valence electrons. The largest absolute Gasteiger partial charge is 0.478 e. The molecule has 0 aliphatic heterocycles. The third kappa shape index (κ3) is 2.98. The predicted octanol–water partition coefficient (Wildman–Crippen LogP) is 4.30. The molecule has 0 aliphatic carbocycles. The molecular weight excluding hydrogens is 373 g/mol. The van der Waals surface area contributed by atoms with Crippen LogP contribution in [-0.4, -0.2) is 17.0 Å². The first-order valence-electron chi connectivity index (χ1n) is 5.17. The van der Waals surface area contributed by atoms with E-state index in [0.29, 0.717) is 0 Å². The van der Waals surface area contributed by atoms with Gasteiger partial charge >= 0.3 is 5.97 Å². The number of benzene rings is 1. The van der Waals surface area contributed by atoms with Crippen molar-refractivity contribution in [1.29, 1.82) is 0 Å². The van der Waals surface area contributed by atoms with Crippen molar-refractivity contribution < 1.29 is 19.1 Å². The van der Waals surface area contributed by atoms with Crippen molar-refractivity contribution >= 4 is 56.7 Å². The number of anilines is 1. The number of carbonyl (C=O) groups is 2. The minimum atomic E-state index is -1.25. The Morgan fingerprint density at radius 2 is 1.95 bits per heavy atom. The van der Waals surface area contributed by atoms with Crippen molar-refractivity contribution in [3.05, 3.63) is 50.3 Å². The average Bonchev–Trinajstić information content (AvgIpc) is 2.78. The average molecular weight is 379 g/mol. The fourth-order valence-electron chi connectivity index (χ4n) is 1.51. The fourth-order valence-corrected chi connectivity index (χ4v) is 2.47. The van der Waals surface area contributed by atoms with Gasteiger partial charge in [-0.25, -0.2) is 4.79 Å². The second kappa shape index (κ2) is 5.87. The van der Waals surface area contributed by atoms with Gasteiger partial charge in [-0.3, -0.25) is 4.79 Å². The Bertz CT molecular complexity index is 699. The van der Waals surface area contributed by atoms with Crippen LogP contribution in [0.4, 0.5) is 5.69 Å². The Hall–Kier alpha value is -1.50. The lowest BCUT2D eigenvalue weighted by Crippen LogP contribution is -2.15. The van der Waals surface area contributed by atoms with Crippen molar-refractivity contribution in [1.82, 2.24) is 0 Å². The van der Waals surface area contributed by atoms with E-state index in [-0.39, 0.29) is 31.5 Å². The first-order valence-corrected chi connectivity index (χ1v) is 6.71. The van der Waals surface area contributed by atoms with Crippen molar-refractivity contribution in [3.63, 3.8) is 0 Å². The Labute approximate surface area is 131 Å². The minimum absolute atomic E-state index is 0.0262. The number of amides is 1. The van der Waals surface area contributed by atoms with Crippen LogP contribution in [0.1, 0.15) is 20.7 Å². The molecule has 0 unspecified atom stereocenters. The molecule has 0 saturated heterocycles. The summed E-state index contributed by atoms with van der Waals surface area (Å²) in [5.41, 5.74) is -0.00973. The van der Waals surface area contributed by atoms with Gasteiger partial charge < -0.3 is 14.8 Å². The molecule has 1 heterocycles. The van der Waals surface area contributed by atoms with Gasteiger partial charge in [0.1, 0.15) is 0 Å². The second-order valence-electron chi connectivity index (χ2n) is 3.68. The lowest BCUT2D eigenvalue weighted by atomic mass is 10.1. The highest BCUT2D eigenvalue weighted by atomic mass is 79.9. The van der Waals surface area contributed by atoms with Gasteiger partial charge in [-0.1, -0.05) is 23.2 Å². The number of carboxylic acid groups (broad SMARTS) is 1. The van der Waals surface area contributed by atoms with Crippen LogP contribution in [0.25, 0.3) is 0 Å². The quantitative estimate of drug-likeness (QED) is 0.834. The van der Waals surface area contributed by atoms with Crippen LogP contribution in [0.3, 0.4) is 0 Å². The van der Waals surface area contributed by atoms with Crippen LogP contribution in [0, 0.1) is 0 Å². The van der Waals surface area contributed by atoms with Gasteiger partial charge in [0.05, 0.1) is 28.1 Å². The van der Waals surface area contributed by atoms with E-state index in [1.54, 1.807) is 0 Å². The van der Waals surface area contributed by atoms with Gasteiger partial charge in [-0.05, 0) is 34.1 Å². The molecule has 0 radical (unpaired) electrons. The van der Waals surface area contributed by atoms with Crippen LogP contribution in [0.15, 0.2) is 33.5 Å². The Morgan fingerprint density at radius 1 is 1.25 bits per heavy atom. The maximum absolute atomic E-state index is 12.0. The van der Waals surface area contributed by atoms with Gasteiger partial charge in [-0.2, -0.15) is 0 Å². The molecule has 2 rings (SSSR count). The van der Waals surface area contributed by atoms with Gasteiger partial charge in [0.25, 0.3) is 5.91 Å². The fraction of sp³-hybridized carbons (Fsp3) is 0. The molecule has 8 heteroatoms. The van der Waals surface area contributed by atoms with Crippen LogP contribution in [0.2, 0.25) is 10.0 Å². The summed E-state index contributed by atoms with van der Waals surface area (Å²) in [7, 11) is 0. The first-order chi connectivity index (χ1) is 9.40. The van der Waals surface area contributed by atoms with Crippen molar-refractivity contribution in [2.24, 2.45) is 0 Å². The van der Waals surface area contributed by atoms with Gasteiger partial charge in [0, 0.05) is 5.02 Å². The van der Waals surface area contributed by atoms with E-state index >= 15 is 0 Å². The maximum atomic E-state index is 12.0. The van der Waals surface area contributed by atoms with E-state index in [1.807, 2.05) is 0 Å². The number of aromatic carboxylic acids is 1. The van der Waals surface area contributed by atoms with E-state index in [0.717, 1.165) is 0 Å². The first kappa shape index (κ1) is 14.9. The summed E-state index contributed by atoms with van der Waals surface area (Å²) in [6.07, 6.45) is 1.32. The molecule has 20 heavy (non-hydrogen) atoms. The molecule has 0 atom stereocenters. The van der Waals surface area contributed by atoms with Crippen LogP contribution in [0.5, 0.6) is 0 Å². The van der Waals surface area contributed by atoms with E-state index in [9.17, 15) is 9.59 Å². The zero-order chi connectivity index (χ0) is 14.9. The number of carbonyl (C=O) groups excluding carboxylic acids is 1. The highest BCUT2D eigenvalue weighted by Gasteiger charge is 2.20. The lowest BCUT2D eigenvalue weighted by molar-refractivity contribution is 0.0698. The lowest BCUT2D eigenvalue weighted by Gasteiger charge is -2.10. The number of carboxylic acids is 1. The van der Waals surface area contributed by atoms with E-state index < -0.39 is 11.9 Å². The van der Waals surface area contributed by atoms with Gasteiger partial charge in [0.2, 0.25) is 0 Å². The summed E-state index contributed by atoms with van der Waals surface area (Å²) in [6.45, 7) is 0. The van der Waals surface area contributed by atoms with Crippen LogP contribution in [-0.2, 0) is 0 Å². The van der Waals surface area contributed by atoms with Gasteiger partial charge in [-0.15, -0.1) is 0 Å². The number of hydrogen-bond donors (Lipinski definition) is 2. The Kier molecular flexibility index (Phi) is 4.37. The van der Waals surface area contributed by atoms with Crippen LogP contribution < -0.4 is 5.32 Å². The highest BCUT2D eigenvalue weighted by molar-refractivity contribution is 9.10. The van der Waals surface area contributed by atoms with Crippen molar-refractivity contribution in [3.8, 4) is 0 Å². The Balaban J connectivity index is 2.41. The molecule has 0 aliphatic rings. The molecule has 2 N–H and O–H groups in total. The summed E-state index contributed by atoms with van der Waals surface area (Å²) in [5, 5.41) is 11.7. The van der Waals surface area contributed by atoms with E-state index in [2.05, 4.69) is 21.2 Å². The SMILES string of the molecule is O=C(Nc1c(Cl)cc(Cl)cc1C(=O)O)c1ccoc1Br. The van der Waals surface area contributed by atoms with E-state index in [4.69, 9.17) is 32.7 Å². The third-order valence-corrected chi connectivity index (χ3v) is 3.52. The highest BCUT2D eigenvalue weighted by Crippen LogP contribution is 2.31. The molecule has 0 bridgehead atoms. The molecular formula is C12H6BrCl2NO4. The number of nitrogens with one attached hydrogen (secondary N) is 1. The van der Waals surface area contributed by atoms with Crippen molar-refractivity contribution in [2.45, 2.75) is 0 Å². The molecule has 1 aromatic heterocycles. The predicted molar refractivity (Wildman–Crippen MR) is 77.8 cm³/mol. The van der Waals surface area contributed by atoms with E-state index in [1.165, 1.54) is 24.5 Å². The molecule has 0 spiro atoms. The summed E-state index contributed by atoms with van der Waals surface area (Å²) >= 11 is 14.7. The summed E-state index contributed by atoms with van der Waals surface area (Å²) in [6, 6.07) is 3.98. The summed E-state index contributed by atoms with van der Waals surface area (Å²) < 4.78 is 5.17. The van der Waals surface area contributed by atoms with Gasteiger partial charge in [0.15, 0.2) is 4.67 Å². The smallest absolute Gasteiger partial charge is 0.337 e. The standard InChI is InChI=1S/C12H6BrCl2NO4/c13-10-6(1-2-20-10)11(17)16-9-7(12(18)19)3-5(14)4-8(9)15/h1-4H,(H,16,17)(H,18,19). The zero-order valence-electron chi connectivity index (χ0n) is 9.62. The second-order valence-corrected chi connectivity index (χ2v) is 5.24. The maximum Gasteiger partial charge on any atom is 0.337 e. The van der Waals surface area contributed by atoms with Crippen LogP contribution >= 0.6 is 39.1 Å².